The molecule has 130 valence electrons. The molecule has 2 N–H and O–H groups in total. The van der Waals surface area contributed by atoms with Crippen molar-refractivity contribution in [2.75, 3.05) is 19.6 Å². The molecule has 0 radical (unpaired) electrons. The maximum absolute atomic E-state index is 12.1. The second-order valence-corrected chi connectivity index (χ2v) is 6.41. The Kier molecular flexibility index (Phi) is 5.33. The number of benzene rings is 2. The molecule has 3 rings (SSSR count). The quantitative estimate of drug-likeness (QED) is 0.848. The van der Waals surface area contributed by atoms with Gasteiger partial charge in [0.05, 0.1) is 0 Å². The van der Waals surface area contributed by atoms with Gasteiger partial charge in [0.15, 0.2) is 0 Å². The zero-order valence-corrected chi connectivity index (χ0v) is 14.0. The van der Waals surface area contributed by atoms with E-state index in [1.165, 1.54) is 17.7 Å². The van der Waals surface area contributed by atoms with Gasteiger partial charge in [0, 0.05) is 37.5 Å². The maximum atomic E-state index is 12.1. The van der Waals surface area contributed by atoms with Crippen molar-refractivity contribution in [1.82, 2.24) is 10.2 Å². The number of hydrogen-bond acceptors (Lipinski definition) is 3. The number of aromatic hydroxyl groups is 1. The van der Waals surface area contributed by atoms with Crippen LogP contribution in [0.5, 0.6) is 5.75 Å². The molecule has 1 unspecified atom stereocenters. The summed E-state index contributed by atoms with van der Waals surface area (Å²) in [5, 5.41) is 12.3. The van der Waals surface area contributed by atoms with Crippen molar-refractivity contribution in [3.63, 3.8) is 0 Å². The summed E-state index contributed by atoms with van der Waals surface area (Å²) in [4.78, 5) is 26.1. The average molecular weight is 338 g/mol. The van der Waals surface area contributed by atoms with E-state index in [4.69, 9.17) is 0 Å². The van der Waals surface area contributed by atoms with Gasteiger partial charge in [-0.3, -0.25) is 9.59 Å². The summed E-state index contributed by atoms with van der Waals surface area (Å²) in [7, 11) is 0. The Labute approximate surface area is 147 Å². The van der Waals surface area contributed by atoms with E-state index in [-0.39, 0.29) is 23.5 Å². The molecule has 1 aliphatic rings. The predicted molar refractivity (Wildman–Crippen MR) is 95.3 cm³/mol. The molecule has 0 bridgehead atoms. The van der Waals surface area contributed by atoms with Crippen LogP contribution in [0.15, 0.2) is 54.6 Å². The van der Waals surface area contributed by atoms with Crippen LogP contribution in [0.2, 0.25) is 0 Å². The molecule has 1 saturated heterocycles. The lowest BCUT2D eigenvalue weighted by Crippen LogP contribution is -2.32. The SMILES string of the molecule is O=C(NCC1CC(=O)N(CCc2ccccc2)C1)c1cccc(O)c1. The van der Waals surface area contributed by atoms with Crippen molar-refractivity contribution in [3.05, 3.63) is 65.7 Å². The van der Waals surface area contributed by atoms with Crippen molar-refractivity contribution in [2.45, 2.75) is 12.8 Å². The van der Waals surface area contributed by atoms with Gasteiger partial charge in [-0.2, -0.15) is 0 Å². The van der Waals surface area contributed by atoms with Gasteiger partial charge in [-0.05, 0) is 30.2 Å². The zero-order chi connectivity index (χ0) is 17.6. The molecule has 0 aliphatic carbocycles. The van der Waals surface area contributed by atoms with Gasteiger partial charge in [-0.1, -0.05) is 36.4 Å². The molecule has 0 aromatic heterocycles. The van der Waals surface area contributed by atoms with Crippen LogP contribution >= 0.6 is 0 Å². The van der Waals surface area contributed by atoms with Crippen LogP contribution in [0, 0.1) is 5.92 Å². The number of nitrogens with one attached hydrogen (secondary N) is 1. The fourth-order valence-electron chi connectivity index (χ4n) is 3.10. The van der Waals surface area contributed by atoms with Crippen LogP contribution in [-0.4, -0.2) is 41.5 Å². The summed E-state index contributed by atoms with van der Waals surface area (Å²) in [5.74, 6) is 0.110. The first-order chi connectivity index (χ1) is 12.1. The van der Waals surface area contributed by atoms with Crippen molar-refractivity contribution < 1.29 is 14.7 Å². The highest BCUT2D eigenvalue weighted by Gasteiger charge is 2.29. The van der Waals surface area contributed by atoms with E-state index in [2.05, 4.69) is 17.4 Å². The van der Waals surface area contributed by atoms with E-state index >= 15 is 0 Å². The Bertz CT molecular complexity index is 746. The molecule has 1 fully saturated rings. The van der Waals surface area contributed by atoms with Crippen LogP contribution in [0.1, 0.15) is 22.3 Å². The van der Waals surface area contributed by atoms with Gasteiger partial charge in [-0.25, -0.2) is 0 Å². The van der Waals surface area contributed by atoms with E-state index in [9.17, 15) is 14.7 Å². The first-order valence-corrected chi connectivity index (χ1v) is 8.51. The molecule has 1 heterocycles. The standard InChI is InChI=1S/C20H22N2O3/c23-18-8-4-7-17(12-18)20(25)21-13-16-11-19(24)22(14-16)10-9-15-5-2-1-3-6-15/h1-8,12,16,23H,9-11,13-14H2,(H,21,25). The Hall–Kier alpha value is -2.82. The second-order valence-electron chi connectivity index (χ2n) is 6.41. The molecule has 2 amide bonds. The summed E-state index contributed by atoms with van der Waals surface area (Å²) in [6.07, 6.45) is 1.31. The highest BCUT2D eigenvalue weighted by Crippen LogP contribution is 2.18. The fraction of sp³-hybridized carbons (Fsp3) is 0.300. The number of carbonyl (C=O) groups is 2. The second kappa shape index (κ2) is 7.83. The number of carbonyl (C=O) groups excluding carboxylic acids is 2. The summed E-state index contributed by atoms with van der Waals surface area (Å²) >= 11 is 0. The molecular weight excluding hydrogens is 316 g/mol. The summed E-state index contributed by atoms with van der Waals surface area (Å²) in [6.45, 7) is 1.84. The highest BCUT2D eigenvalue weighted by molar-refractivity contribution is 5.94. The monoisotopic (exact) mass is 338 g/mol. The number of phenols is 1. The van der Waals surface area contributed by atoms with Gasteiger partial charge in [0.1, 0.15) is 5.75 Å². The minimum atomic E-state index is -0.230. The van der Waals surface area contributed by atoms with Crippen LogP contribution < -0.4 is 5.32 Å². The number of likely N-dealkylation sites (tertiary alicyclic amines) is 1. The van der Waals surface area contributed by atoms with Crippen LogP contribution in [0.4, 0.5) is 0 Å². The summed E-state index contributed by atoms with van der Waals surface area (Å²) in [6, 6.07) is 16.4. The average Bonchev–Trinajstić information content (AvgIpc) is 2.98. The largest absolute Gasteiger partial charge is 0.508 e. The van der Waals surface area contributed by atoms with Crippen molar-refractivity contribution in [1.29, 1.82) is 0 Å². The molecule has 0 saturated carbocycles. The minimum Gasteiger partial charge on any atom is -0.508 e. The highest BCUT2D eigenvalue weighted by atomic mass is 16.3. The molecular formula is C20H22N2O3. The Morgan fingerprint density at radius 3 is 2.72 bits per heavy atom. The number of amides is 2. The van der Waals surface area contributed by atoms with E-state index in [1.54, 1.807) is 12.1 Å². The molecule has 2 aromatic carbocycles. The summed E-state index contributed by atoms with van der Waals surface area (Å²) < 4.78 is 0. The van der Waals surface area contributed by atoms with E-state index in [0.717, 1.165) is 6.42 Å². The Morgan fingerprint density at radius 1 is 1.16 bits per heavy atom. The number of rotatable bonds is 6. The third kappa shape index (κ3) is 4.59. The third-order valence-electron chi connectivity index (χ3n) is 4.47. The normalized spacial score (nSPS) is 16.9. The first-order valence-electron chi connectivity index (χ1n) is 8.51. The van der Waals surface area contributed by atoms with Gasteiger partial charge < -0.3 is 15.3 Å². The van der Waals surface area contributed by atoms with E-state index in [0.29, 0.717) is 31.6 Å². The third-order valence-corrected chi connectivity index (χ3v) is 4.47. The summed E-state index contributed by atoms with van der Waals surface area (Å²) in [5.41, 5.74) is 1.64. The molecule has 0 spiro atoms. The lowest BCUT2D eigenvalue weighted by molar-refractivity contribution is -0.127. The number of hydrogen-bond donors (Lipinski definition) is 2. The van der Waals surface area contributed by atoms with Crippen molar-refractivity contribution in [2.24, 2.45) is 5.92 Å². The Morgan fingerprint density at radius 2 is 1.96 bits per heavy atom. The topological polar surface area (TPSA) is 69.6 Å². The molecule has 2 aromatic rings. The minimum absolute atomic E-state index is 0.0655. The maximum Gasteiger partial charge on any atom is 0.251 e. The predicted octanol–water partition coefficient (Wildman–Crippen LogP) is 2.21. The Balaban J connectivity index is 1.47. The fourth-order valence-corrected chi connectivity index (χ4v) is 3.10. The van der Waals surface area contributed by atoms with E-state index in [1.807, 2.05) is 23.1 Å². The molecule has 5 nitrogen and oxygen atoms in total. The van der Waals surface area contributed by atoms with Gasteiger partial charge in [0.2, 0.25) is 5.91 Å². The zero-order valence-electron chi connectivity index (χ0n) is 14.0. The molecule has 5 heteroatoms. The smallest absolute Gasteiger partial charge is 0.251 e. The van der Waals surface area contributed by atoms with E-state index < -0.39 is 0 Å². The van der Waals surface area contributed by atoms with Crippen LogP contribution in [0.25, 0.3) is 0 Å². The van der Waals surface area contributed by atoms with Gasteiger partial charge in [-0.15, -0.1) is 0 Å². The van der Waals surface area contributed by atoms with Gasteiger partial charge in [0.25, 0.3) is 5.91 Å². The lowest BCUT2D eigenvalue weighted by atomic mass is 10.1. The molecule has 1 aliphatic heterocycles. The molecule has 1 atom stereocenters. The number of phenolic OH excluding ortho intramolecular Hbond substituents is 1. The number of nitrogens with zero attached hydrogens (tertiary/aromatic N) is 1. The van der Waals surface area contributed by atoms with Crippen LogP contribution in [0.3, 0.4) is 0 Å². The lowest BCUT2D eigenvalue weighted by Gasteiger charge is -2.17. The van der Waals surface area contributed by atoms with Crippen molar-refractivity contribution >= 4 is 11.8 Å². The van der Waals surface area contributed by atoms with Gasteiger partial charge >= 0.3 is 0 Å². The van der Waals surface area contributed by atoms with Crippen LogP contribution in [-0.2, 0) is 11.2 Å². The van der Waals surface area contributed by atoms with Crippen molar-refractivity contribution in [3.8, 4) is 5.75 Å². The first kappa shape index (κ1) is 17.0. The molecule has 25 heavy (non-hydrogen) atoms.